The third kappa shape index (κ3) is 5.04. The summed E-state index contributed by atoms with van der Waals surface area (Å²) >= 11 is 13.2. The number of hydrogen-bond donors (Lipinski definition) is 2. The molecule has 7 nitrogen and oxygen atoms in total. The molecule has 2 N–H and O–H groups in total. The summed E-state index contributed by atoms with van der Waals surface area (Å²) in [7, 11) is 0. The molecular formula is C22H18Cl2N4O3S. The Kier molecular flexibility index (Phi) is 6.64. The molecule has 0 fully saturated rings. The number of urea groups is 1. The Morgan fingerprint density at radius 1 is 1.16 bits per heavy atom. The summed E-state index contributed by atoms with van der Waals surface area (Å²) < 4.78 is 0. The van der Waals surface area contributed by atoms with Gasteiger partial charge in [-0.25, -0.2) is 4.79 Å². The third-order valence-electron chi connectivity index (χ3n) is 4.96. The number of halogens is 2. The minimum absolute atomic E-state index is 0.0396. The molecule has 164 valence electrons. The second-order valence-electron chi connectivity index (χ2n) is 7.08. The van der Waals surface area contributed by atoms with E-state index in [1.54, 1.807) is 29.2 Å². The number of carbonyl (C=O) groups is 1. The number of thiophene rings is 1. The lowest BCUT2D eigenvalue weighted by Crippen LogP contribution is -2.36. The van der Waals surface area contributed by atoms with Crippen molar-refractivity contribution in [3.8, 4) is 0 Å². The van der Waals surface area contributed by atoms with Gasteiger partial charge in [-0.15, -0.1) is 0 Å². The maximum atomic E-state index is 13.1. The van der Waals surface area contributed by atoms with Crippen molar-refractivity contribution in [3.63, 3.8) is 0 Å². The Morgan fingerprint density at radius 2 is 1.97 bits per heavy atom. The van der Waals surface area contributed by atoms with Crippen LogP contribution in [0.2, 0.25) is 10.0 Å². The van der Waals surface area contributed by atoms with Gasteiger partial charge in [-0.2, -0.15) is 0 Å². The SMILES string of the molecule is O=C(Nc1ccc(Cl)cc1Cl)N(CCc1c[nH]c2ccccc12)Cc1ccc([N+](=O)[O-])s1. The number of rotatable bonds is 7. The first kappa shape index (κ1) is 22.1. The van der Waals surface area contributed by atoms with E-state index in [0.717, 1.165) is 27.8 Å². The van der Waals surface area contributed by atoms with E-state index < -0.39 is 4.92 Å². The summed E-state index contributed by atoms with van der Waals surface area (Å²) in [6, 6.07) is 15.5. The van der Waals surface area contributed by atoms with E-state index >= 15 is 0 Å². The molecule has 0 aliphatic carbocycles. The summed E-state index contributed by atoms with van der Waals surface area (Å²) in [6.07, 6.45) is 2.55. The maximum absolute atomic E-state index is 13.1. The zero-order valence-corrected chi connectivity index (χ0v) is 19.0. The molecule has 0 spiro atoms. The molecule has 2 aromatic carbocycles. The molecule has 32 heavy (non-hydrogen) atoms. The van der Waals surface area contributed by atoms with Gasteiger partial charge in [-0.05, 0) is 42.3 Å². The van der Waals surface area contributed by atoms with E-state index in [4.69, 9.17) is 23.2 Å². The number of fused-ring (bicyclic) bond motifs is 1. The molecule has 10 heteroatoms. The van der Waals surface area contributed by atoms with Crippen LogP contribution in [-0.4, -0.2) is 27.4 Å². The van der Waals surface area contributed by atoms with E-state index in [1.807, 2.05) is 30.5 Å². The maximum Gasteiger partial charge on any atom is 0.324 e. The number of amides is 2. The van der Waals surface area contributed by atoms with Crippen LogP contribution in [0.3, 0.4) is 0 Å². The van der Waals surface area contributed by atoms with Crippen LogP contribution in [0.4, 0.5) is 15.5 Å². The molecule has 4 rings (SSSR count). The Labute approximate surface area is 197 Å². The number of nitro groups is 1. The first-order chi connectivity index (χ1) is 15.4. The van der Waals surface area contributed by atoms with Gasteiger partial charge in [0.1, 0.15) is 0 Å². The fraction of sp³-hybridized carbons (Fsp3) is 0.136. The Balaban J connectivity index is 1.54. The highest BCUT2D eigenvalue weighted by Crippen LogP contribution is 2.28. The molecule has 0 atom stereocenters. The highest BCUT2D eigenvalue weighted by Gasteiger charge is 2.19. The molecule has 2 aromatic heterocycles. The first-order valence-corrected chi connectivity index (χ1v) is 11.3. The number of carbonyl (C=O) groups excluding carboxylic acids is 1. The number of nitrogens with one attached hydrogen (secondary N) is 2. The van der Waals surface area contributed by atoms with Crippen molar-refractivity contribution in [1.82, 2.24) is 9.88 Å². The second-order valence-corrected chi connectivity index (χ2v) is 9.07. The molecule has 0 saturated heterocycles. The standard InChI is InChI=1S/C22H18Cl2N4O3S/c23-15-5-7-20(18(24)11-15)26-22(29)27(13-16-6-8-21(32-16)28(30)31)10-9-14-12-25-19-4-2-1-3-17(14)19/h1-8,11-12,25H,9-10,13H2,(H,26,29). The largest absolute Gasteiger partial charge is 0.361 e. The molecular weight excluding hydrogens is 471 g/mol. The van der Waals surface area contributed by atoms with Crippen LogP contribution in [0.15, 0.2) is 60.8 Å². The van der Waals surface area contributed by atoms with Crippen molar-refractivity contribution in [1.29, 1.82) is 0 Å². The van der Waals surface area contributed by atoms with Gasteiger partial charge < -0.3 is 15.2 Å². The van der Waals surface area contributed by atoms with Crippen LogP contribution in [0.1, 0.15) is 10.4 Å². The predicted molar refractivity (Wildman–Crippen MR) is 129 cm³/mol. The summed E-state index contributed by atoms with van der Waals surface area (Å²) in [5.74, 6) is 0. The van der Waals surface area contributed by atoms with Crippen LogP contribution in [0, 0.1) is 10.1 Å². The fourth-order valence-corrected chi connectivity index (χ4v) is 4.66. The average Bonchev–Trinajstić information content (AvgIpc) is 3.40. The van der Waals surface area contributed by atoms with E-state index in [1.165, 1.54) is 6.07 Å². The van der Waals surface area contributed by atoms with Crippen molar-refractivity contribution in [2.75, 3.05) is 11.9 Å². The molecule has 0 saturated carbocycles. The second kappa shape index (κ2) is 9.60. The van der Waals surface area contributed by atoms with Gasteiger partial charge in [-0.3, -0.25) is 10.1 Å². The molecule has 0 radical (unpaired) electrons. The van der Waals surface area contributed by atoms with Crippen LogP contribution < -0.4 is 5.32 Å². The highest BCUT2D eigenvalue weighted by molar-refractivity contribution is 7.15. The molecule has 0 unspecified atom stereocenters. The van der Waals surface area contributed by atoms with Crippen LogP contribution >= 0.6 is 34.5 Å². The van der Waals surface area contributed by atoms with Crippen molar-refractivity contribution < 1.29 is 9.72 Å². The Hall–Kier alpha value is -3.07. The molecule has 2 amide bonds. The molecule has 0 bridgehead atoms. The third-order valence-corrected chi connectivity index (χ3v) is 6.53. The lowest BCUT2D eigenvalue weighted by molar-refractivity contribution is -0.380. The van der Waals surface area contributed by atoms with Crippen LogP contribution in [-0.2, 0) is 13.0 Å². The molecule has 0 aliphatic rings. The number of benzene rings is 2. The zero-order chi connectivity index (χ0) is 22.7. The Bertz CT molecular complexity index is 1290. The van der Waals surface area contributed by atoms with E-state index in [9.17, 15) is 14.9 Å². The van der Waals surface area contributed by atoms with Gasteiger partial charge >= 0.3 is 11.0 Å². The van der Waals surface area contributed by atoms with Gasteiger partial charge in [0.15, 0.2) is 0 Å². The minimum atomic E-state index is -0.433. The first-order valence-electron chi connectivity index (χ1n) is 9.70. The summed E-state index contributed by atoms with van der Waals surface area (Å²) in [4.78, 5) is 29.3. The number of aromatic nitrogens is 1. The molecule has 4 aromatic rings. The number of nitrogens with zero attached hydrogens (tertiary/aromatic N) is 2. The lowest BCUT2D eigenvalue weighted by Gasteiger charge is -2.23. The van der Waals surface area contributed by atoms with E-state index in [2.05, 4.69) is 10.3 Å². The van der Waals surface area contributed by atoms with Gasteiger partial charge in [0.25, 0.3) is 0 Å². The predicted octanol–water partition coefficient (Wildman–Crippen LogP) is 6.72. The van der Waals surface area contributed by atoms with Gasteiger partial charge in [0, 0.05) is 39.6 Å². The number of H-pyrrole nitrogens is 1. The fourth-order valence-electron chi connectivity index (χ4n) is 3.37. The van der Waals surface area contributed by atoms with Crippen LogP contribution in [0.5, 0.6) is 0 Å². The Morgan fingerprint density at radius 3 is 2.72 bits per heavy atom. The zero-order valence-electron chi connectivity index (χ0n) is 16.7. The van der Waals surface area contributed by atoms with Gasteiger partial charge in [-0.1, -0.05) is 52.7 Å². The quantitative estimate of drug-likeness (QED) is 0.223. The van der Waals surface area contributed by atoms with E-state index in [-0.39, 0.29) is 17.6 Å². The lowest BCUT2D eigenvalue weighted by atomic mass is 10.1. The summed E-state index contributed by atoms with van der Waals surface area (Å²) in [6.45, 7) is 0.641. The van der Waals surface area contributed by atoms with Crippen molar-refractivity contribution in [2.45, 2.75) is 13.0 Å². The van der Waals surface area contributed by atoms with Crippen molar-refractivity contribution in [3.05, 3.63) is 91.4 Å². The smallest absolute Gasteiger partial charge is 0.324 e. The number of aromatic amines is 1. The minimum Gasteiger partial charge on any atom is -0.361 e. The van der Waals surface area contributed by atoms with Gasteiger partial charge in [0.2, 0.25) is 0 Å². The average molecular weight is 489 g/mol. The van der Waals surface area contributed by atoms with Crippen molar-refractivity contribution >= 4 is 62.2 Å². The normalized spacial score (nSPS) is 10.9. The number of hydrogen-bond acceptors (Lipinski definition) is 4. The number of anilines is 1. The van der Waals surface area contributed by atoms with Crippen molar-refractivity contribution in [2.24, 2.45) is 0 Å². The van der Waals surface area contributed by atoms with Gasteiger partial charge in [0.05, 0.1) is 22.2 Å². The monoisotopic (exact) mass is 488 g/mol. The topological polar surface area (TPSA) is 91.3 Å². The van der Waals surface area contributed by atoms with Crippen LogP contribution in [0.25, 0.3) is 10.9 Å². The summed E-state index contributed by atoms with van der Waals surface area (Å²) in [5.41, 5.74) is 2.55. The molecule has 2 heterocycles. The highest BCUT2D eigenvalue weighted by atomic mass is 35.5. The number of para-hydroxylation sites is 1. The summed E-state index contributed by atoms with van der Waals surface area (Å²) in [5, 5.41) is 15.8. The molecule has 0 aliphatic heterocycles. The van der Waals surface area contributed by atoms with E-state index in [0.29, 0.717) is 33.6 Å².